The van der Waals surface area contributed by atoms with Gasteiger partial charge in [-0.2, -0.15) is 0 Å². The summed E-state index contributed by atoms with van der Waals surface area (Å²) in [6.45, 7) is 5.20. The third kappa shape index (κ3) is 4.00. The zero-order valence-electron chi connectivity index (χ0n) is 14.1. The number of nitrogens with one attached hydrogen (secondary N) is 1. The normalized spacial score (nSPS) is 20.3. The molecule has 0 saturated carbocycles. The third-order valence-electron chi connectivity index (χ3n) is 3.99. The van der Waals surface area contributed by atoms with E-state index in [0.29, 0.717) is 29.3 Å². The summed E-state index contributed by atoms with van der Waals surface area (Å²) in [5.74, 6) is -1.26. The van der Waals surface area contributed by atoms with Gasteiger partial charge < -0.3 is 20.1 Å². The van der Waals surface area contributed by atoms with Gasteiger partial charge in [-0.3, -0.25) is 4.79 Å². The van der Waals surface area contributed by atoms with Crippen LogP contribution in [0.3, 0.4) is 0 Å². The van der Waals surface area contributed by atoms with E-state index in [-0.39, 0.29) is 23.7 Å². The van der Waals surface area contributed by atoms with Gasteiger partial charge in [0.05, 0.1) is 28.3 Å². The van der Waals surface area contributed by atoms with Crippen LogP contribution in [-0.4, -0.2) is 42.3 Å². The minimum Gasteiger partial charge on any atom is -0.478 e. The molecule has 2 unspecified atom stereocenters. The Labute approximate surface area is 150 Å². The molecule has 1 aliphatic heterocycles. The fraction of sp³-hybridized carbons (Fsp3) is 0.333. The van der Waals surface area contributed by atoms with Crippen molar-refractivity contribution in [3.8, 4) is 0 Å². The van der Waals surface area contributed by atoms with Gasteiger partial charge in [-0.15, -0.1) is 11.3 Å². The lowest BCUT2D eigenvalue weighted by Crippen LogP contribution is -2.46. The number of aromatic carboxylic acids is 1. The largest absolute Gasteiger partial charge is 0.478 e. The molecular formula is C18H20N2O4S. The number of benzene rings is 1. The van der Waals surface area contributed by atoms with Crippen molar-refractivity contribution < 1.29 is 19.4 Å². The van der Waals surface area contributed by atoms with Gasteiger partial charge in [0.1, 0.15) is 0 Å². The molecular weight excluding hydrogens is 340 g/mol. The molecule has 0 bridgehead atoms. The van der Waals surface area contributed by atoms with Crippen LogP contribution in [0, 0.1) is 0 Å². The van der Waals surface area contributed by atoms with E-state index in [0.717, 1.165) is 0 Å². The van der Waals surface area contributed by atoms with Crippen LogP contribution in [0.4, 0.5) is 11.4 Å². The molecule has 25 heavy (non-hydrogen) atoms. The fourth-order valence-electron chi connectivity index (χ4n) is 3.04. The fourth-order valence-corrected chi connectivity index (χ4v) is 3.65. The van der Waals surface area contributed by atoms with E-state index in [1.165, 1.54) is 17.4 Å². The number of carboxylic acids is 1. The number of amides is 1. The van der Waals surface area contributed by atoms with Crippen LogP contribution in [0.5, 0.6) is 0 Å². The van der Waals surface area contributed by atoms with Crippen molar-refractivity contribution in [2.24, 2.45) is 0 Å². The average molecular weight is 360 g/mol. The Balaban J connectivity index is 1.85. The predicted octanol–water partition coefficient (Wildman–Crippen LogP) is 3.31. The number of hydrogen-bond acceptors (Lipinski definition) is 5. The molecule has 1 amide bonds. The Morgan fingerprint density at radius 3 is 2.56 bits per heavy atom. The maximum Gasteiger partial charge on any atom is 0.337 e. The second-order valence-corrected chi connectivity index (χ2v) is 7.08. The predicted molar refractivity (Wildman–Crippen MR) is 97.9 cm³/mol. The van der Waals surface area contributed by atoms with Crippen LogP contribution in [0.1, 0.15) is 33.9 Å². The van der Waals surface area contributed by atoms with Crippen LogP contribution >= 0.6 is 11.3 Å². The molecule has 2 N–H and O–H groups in total. The molecule has 2 heterocycles. The highest BCUT2D eigenvalue weighted by Crippen LogP contribution is 2.28. The summed E-state index contributed by atoms with van der Waals surface area (Å²) in [4.78, 5) is 26.5. The summed E-state index contributed by atoms with van der Waals surface area (Å²) in [6.07, 6.45) is 0.0622. The summed E-state index contributed by atoms with van der Waals surface area (Å²) in [5, 5.41) is 14.2. The minimum atomic E-state index is -1.02. The maximum absolute atomic E-state index is 12.2. The number of nitrogens with zero attached hydrogens (tertiary/aromatic N) is 1. The number of anilines is 2. The number of morpholine rings is 1. The van der Waals surface area contributed by atoms with Crippen molar-refractivity contribution >= 4 is 34.6 Å². The van der Waals surface area contributed by atoms with Crippen LogP contribution in [0.15, 0.2) is 35.7 Å². The number of carboxylic acid groups (broad SMARTS) is 1. The smallest absolute Gasteiger partial charge is 0.337 e. The molecule has 1 aromatic carbocycles. The van der Waals surface area contributed by atoms with Gasteiger partial charge in [0, 0.05) is 18.8 Å². The molecule has 0 radical (unpaired) electrons. The average Bonchev–Trinajstić information content (AvgIpc) is 3.08. The summed E-state index contributed by atoms with van der Waals surface area (Å²) in [5.41, 5.74) is 1.28. The zero-order chi connectivity index (χ0) is 18.0. The number of carbonyl (C=O) groups is 2. The molecule has 1 fully saturated rings. The van der Waals surface area contributed by atoms with Gasteiger partial charge in [-0.1, -0.05) is 6.07 Å². The van der Waals surface area contributed by atoms with E-state index in [4.69, 9.17) is 4.74 Å². The SMILES string of the molecule is CC1CN(c2ccc(NC(=O)c3cccs3)cc2C(=O)O)CC(C)O1. The van der Waals surface area contributed by atoms with Crippen molar-refractivity contribution in [3.05, 3.63) is 46.2 Å². The van der Waals surface area contributed by atoms with Crippen LogP contribution in [0.2, 0.25) is 0 Å². The van der Waals surface area contributed by atoms with Crippen LogP contribution in [-0.2, 0) is 4.74 Å². The Hall–Kier alpha value is -2.38. The zero-order valence-corrected chi connectivity index (χ0v) is 14.9. The van der Waals surface area contributed by atoms with E-state index in [1.54, 1.807) is 24.3 Å². The Bertz CT molecular complexity index is 765. The lowest BCUT2D eigenvalue weighted by atomic mass is 10.1. The summed E-state index contributed by atoms with van der Waals surface area (Å²) >= 11 is 1.34. The minimum absolute atomic E-state index is 0.0311. The molecule has 2 aromatic rings. The van der Waals surface area contributed by atoms with Gasteiger partial charge in [-0.05, 0) is 43.5 Å². The van der Waals surface area contributed by atoms with Crippen LogP contribution < -0.4 is 10.2 Å². The van der Waals surface area contributed by atoms with Gasteiger partial charge in [0.15, 0.2) is 0 Å². The topological polar surface area (TPSA) is 78.9 Å². The van der Waals surface area contributed by atoms with Gasteiger partial charge in [-0.25, -0.2) is 4.79 Å². The molecule has 2 atom stereocenters. The first kappa shape index (κ1) is 17.4. The number of rotatable bonds is 4. The van der Waals surface area contributed by atoms with E-state index in [9.17, 15) is 14.7 Å². The van der Waals surface area contributed by atoms with Crippen molar-refractivity contribution in [2.45, 2.75) is 26.1 Å². The summed E-state index contributed by atoms with van der Waals surface area (Å²) in [7, 11) is 0. The standard InChI is InChI=1S/C18H20N2O4S/c1-11-9-20(10-12(2)24-11)15-6-5-13(8-14(15)18(22)23)19-17(21)16-4-3-7-25-16/h3-8,11-12H,9-10H2,1-2H3,(H,19,21)(H,22,23). The highest BCUT2D eigenvalue weighted by atomic mass is 32.1. The van der Waals surface area contributed by atoms with E-state index < -0.39 is 5.97 Å². The molecule has 1 aromatic heterocycles. The van der Waals surface area contributed by atoms with Crippen molar-refractivity contribution in [1.29, 1.82) is 0 Å². The number of ether oxygens (including phenoxy) is 1. The van der Waals surface area contributed by atoms with Crippen LogP contribution in [0.25, 0.3) is 0 Å². The molecule has 3 rings (SSSR count). The Kier molecular flexibility index (Phi) is 5.06. The first-order chi connectivity index (χ1) is 11.9. The molecule has 1 saturated heterocycles. The first-order valence-electron chi connectivity index (χ1n) is 8.06. The number of hydrogen-bond donors (Lipinski definition) is 2. The van der Waals surface area contributed by atoms with E-state index in [2.05, 4.69) is 5.32 Å². The Morgan fingerprint density at radius 1 is 1.24 bits per heavy atom. The van der Waals surface area contributed by atoms with Crippen molar-refractivity contribution in [1.82, 2.24) is 0 Å². The maximum atomic E-state index is 12.2. The Morgan fingerprint density at radius 2 is 1.96 bits per heavy atom. The van der Waals surface area contributed by atoms with Crippen molar-refractivity contribution in [3.63, 3.8) is 0 Å². The lowest BCUT2D eigenvalue weighted by Gasteiger charge is -2.37. The molecule has 132 valence electrons. The molecule has 7 heteroatoms. The highest BCUT2D eigenvalue weighted by Gasteiger charge is 2.25. The highest BCUT2D eigenvalue weighted by molar-refractivity contribution is 7.12. The molecule has 0 aliphatic carbocycles. The third-order valence-corrected chi connectivity index (χ3v) is 4.86. The van der Waals surface area contributed by atoms with Gasteiger partial charge >= 0.3 is 5.97 Å². The summed E-state index contributed by atoms with van der Waals surface area (Å²) in [6, 6.07) is 8.51. The summed E-state index contributed by atoms with van der Waals surface area (Å²) < 4.78 is 5.71. The monoisotopic (exact) mass is 360 g/mol. The van der Waals surface area contributed by atoms with E-state index in [1.807, 2.05) is 24.1 Å². The first-order valence-corrected chi connectivity index (χ1v) is 8.94. The van der Waals surface area contributed by atoms with E-state index >= 15 is 0 Å². The number of thiophene rings is 1. The molecule has 6 nitrogen and oxygen atoms in total. The van der Waals surface area contributed by atoms with Gasteiger partial charge in [0.2, 0.25) is 0 Å². The quantitative estimate of drug-likeness (QED) is 0.874. The van der Waals surface area contributed by atoms with Gasteiger partial charge in [0.25, 0.3) is 5.91 Å². The lowest BCUT2D eigenvalue weighted by molar-refractivity contribution is -0.00531. The second kappa shape index (κ2) is 7.25. The second-order valence-electron chi connectivity index (χ2n) is 6.13. The molecule has 1 aliphatic rings. The van der Waals surface area contributed by atoms with Crippen molar-refractivity contribution in [2.75, 3.05) is 23.3 Å². The number of carbonyl (C=O) groups excluding carboxylic acids is 1. The molecule has 0 spiro atoms.